The van der Waals surface area contributed by atoms with Gasteiger partial charge >= 0.3 is 0 Å². The predicted molar refractivity (Wildman–Crippen MR) is 130 cm³/mol. The van der Waals surface area contributed by atoms with Crippen LogP contribution in [-0.2, 0) is 23.8 Å². The van der Waals surface area contributed by atoms with Crippen molar-refractivity contribution in [2.45, 2.75) is 37.3 Å². The Bertz CT molecular complexity index is 1230. The molecule has 0 unspecified atom stereocenters. The van der Waals surface area contributed by atoms with Crippen molar-refractivity contribution in [1.82, 2.24) is 19.4 Å². The number of hydrogen-bond acceptors (Lipinski definition) is 5. The second-order valence-corrected chi connectivity index (χ2v) is 10.3. The van der Waals surface area contributed by atoms with Crippen LogP contribution < -0.4 is 4.74 Å². The molecule has 34 heavy (non-hydrogen) atoms. The number of fused-ring (bicyclic) bond motifs is 4. The molecule has 0 radical (unpaired) electrons. The third-order valence-corrected chi connectivity index (χ3v) is 8.31. The summed E-state index contributed by atoms with van der Waals surface area (Å²) in [6.07, 6.45) is 6.87. The molecular weight excluding hydrogens is 428 g/mol. The largest absolute Gasteiger partial charge is 0.497 e. The van der Waals surface area contributed by atoms with Gasteiger partial charge in [0.05, 0.1) is 25.3 Å². The van der Waals surface area contributed by atoms with Crippen LogP contribution in [0, 0.1) is 5.92 Å². The summed E-state index contributed by atoms with van der Waals surface area (Å²) in [5.74, 6) is 1.37. The summed E-state index contributed by atoms with van der Waals surface area (Å²) in [7, 11) is 3.78. The van der Waals surface area contributed by atoms with Gasteiger partial charge in [0.15, 0.2) is 0 Å². The molecule has 178 valence electrons. The van der Waals surface area contributed by atoms with Crippen LogP contribution in [0.4, 0.5) is 0 Å². The van der Waals surface area contributed by atoms with Crippen molar-refractivity contribution in [2.75, 3.05) is 33.4 Å². The van der Waals surface area contributed by atoms with E-state index in [9.17, 15) is 9.90 Å². The molecule has 2 aromatic heterocycles. The number of aromatic nitrogens is 2. The minimum absolute atomic E-state index is 0.0418. The highest BCUT2D eigenvalue weighted by Gasteiger charge is 2.55. The van der Waals surface area contributed by atoms with Gasteiger partial charge in [-0.25, -0.2) is 0 Å². The molecule has 1 atom stereocenters. The van der Waals surface area contributed by atoms with Gasteiger partial charge in [-0.15, -0.1) is 0 Å². The second-order valence-electron chi connectivity index (χ2n) is 10.3. The van der Waals surface area contributed by atoms with E-state index in [1.165, 1.54) is 22.9 Å². The molecule has 2 aliphatic heterocycles. The van der Waals surface area contributed by atoms with Gasteiger partial charge in [0, 0.05) is 74.1 Å². The van der Waals surface area contributed by atoms with Gasteiger partial charge in [0.25, 0.3) is 0 Å². The lowest BCUT2D eigenvalue weighted by Gasteiger charge is -2.57. The summed E-state index contributed by atoms with van der Waals surface area (Å²) < 4.78 is 7.74. The minimum Gasteiger partial charge on any atom is -0.497 e. The number of ether oxygens (including phenoxy) is 1. The van der Waals surface area contributed by atoms with Crippen LogP contribution in [0.3, 0.4) is 0 Å². The van der Waals surface area contributed by atoms with Crippen molar-refractivity contribution in [3.05, 3.63) is 59.5 Å². The van der Waals surface area contributed by atoms with Crippen LogP contribution in [-0.4, -0.2) is 63.7 Å². The van der Waals surface area contributed by atoms with Crippen LogP contribution in [0.1, 0.15) is 42.1 Å². The third-order valence-electron chi connectivity index (χ3n) is 8.31. The molecule has 1 saturated carbocycles. The third kappa shape index (κ3) is 3.17. The number of aliphatic hydroxyl groups excluding tert-OH is 1. The molecule has 3 aromatic rings. The number of carbonyl (C=O) groups excluding carboxylic acids is 1. The maximum Gasteiger partial charge on any atom is 0.225 e. The van der Waals surface area contributed by atoms with Crippen LogP contribution in [0.25, 0.3) is 10.9 Å². The number of aryl methyl sites for hydroxylation is 1. The van der Waals surface area contributed by atoms with E-state index in [0.29, 0.717) is 5.91 Å². The van der Waals surface area contributed by atoms with E-state index in [0.717, 1.165) is 56.0 Å². The lowest BCUT2D eigenvalue weighted by atomic mass is 9.68. The smallest absolute Gasteiger partial charge is 0.225 e. The van der Waals surface area contributed by atoms with Gasteiger partial charge < -0.3 is 19.3 Å². The number of carbonyl (C=O) groups is 1. The molecule has 1 aliphatic carbocycles. The first-order valence-electron chi connectivity index (χ1n) is 12.2. The fourth-order valence-electron chi connectivity index (χ4n) is 6.36. The predicted octanol–water partition coefficient (Wildman–Crippen LogP) is 3.01. The fourth-order valence-corrected chi connectivity index (χ4v) is 6.36. The maximum absolute atomic E-state index is 13.0. The fraction of sp³-hybridized carbons (Fsp3) is 0.481. The Balaban J connectivity index is 1.45. The van der Waals surface area contributed by atoms with Crippen LogP contribution >= 0.6 is 0 Å². The van der Waals surface area contributed by atoms with Crippen molar-refractivity contribution in [2.24, 2.45) is 13.0 Å². The van der Waals surface area contributed by atoms with Gasteiger partial charge in [-0.3, -0.25) is 14.7 Å². The average Bonchev–Trinajstić information content (AvgIpc) is 3.09. The summed E-state index contributed by atoms with van der Waals surface area (Å²) in [6.45, 7) is 3.07. The topological polar surface area (TPSA) is 70.8 Å². The van der Waals surface area contributed by atoms with Crippen LogP contribution in [0.5, 0.6) is 5.75 Å². The van der Waals surface area contributed by atoms with Crippen molar-refractivity contribution in [3.63, 3.8) is 0 Å². The molecule has 1 N–H and O–H groups in total. The first-order valence-corrected chi connectivity index (χ1v) is 12.2. The molecule has 1 spiro atoms. The normalized spacial score (nSPS) is 21.9. The number of hydrogen-bond donors (Lipinski definition) is 1. The van der Waals surface area contributed by atoms with Crippen molar-refractivity contribution < 1.29 is 14.6 Å². The van der Waals surface area contributed by atoms with E-state index in [-0.39, 0.29) is 24.0 Å². The Morgan fingerprint density at radius 1 is 1.18 bits per heavy atom. The standard InChI is InChI=1S/C27H32N4O3/c1-29-22-12-20(34-2)6-7-21(22)24-25(29)23(14-32)30(13-18-8-10-28-11-9-18)15-27(24)16-31(17-27)26(33)19-4-3-5-19/h6-12,19,23,32H,3-5,13-17H2,1-2H3/t23-/m0/s1. The Morgan fingerprint density at radius 3 is 2.59 bits per heavy atom. The molecule has 1 aromatic carbocycles. The molecule has 6 rings (SSSR count). The van der Waals surface area contributed by atoms with Gasteiger partial charge in [-0.1, -0.05) is 6.42 Å². The van der Waals surface area contributed by atoms with Gasteiger partial charge in [-0.2, -0.15) is 0 Å². The molecule has 2 fully saturated rings. The highest BCUT2D eigenvalue weighted by atomic mass is 16.5. The number of pyridine rings is 1. The zero-order chi connectivity index (χ0) is 23.4. The Labute approximate surface area is 199 Å². The number of methoxy groups -OCH3 is 1. The Morgan fingerprint density at radius 2 is 1.94 bits per heavy atom. The zero-order valence-corrected chi connectivity index (χ0v) is 19.9. The quantitative estimate of drug-likeness (QED) is 0.634. The van der Waals surface area contributed by atoms with E-state index in [1.807, 2.05) is 30.6 Å². The van der Waals surface area contributed by atoms with Gasteiger partial charge in [0.2, 0.25) is 5.91 Å². The lowest BCUT2D eigenvalue weighted by Crippen LogP contribution is -2.68. The van der Waals surface area contributed by atoms with Crippen molar-refractivity contribution in [1.29, 1.82) is 0 Å². The van der Waals surface area contributed by atoms with E-state index in [2.05, 4.69) is 38.5 Å². The molecule has 1 amide bonds. The first-order chi connectivity index (χ1) is 16.5. The van der Waals surface area contributed by atoms with E-state index >= 15 is 0 Å². The van der Waals surface area contributed by atoms with Crippen LogP contribution in [0.2, 0.25) is 0 Å². The Kier molecular flexibility index (Phi) is 5.15. The van der Waals surface area contributed by atoms with E-state index < -0.39 is 0 Å². The minimum atomic E-state index is -0.137. The number of benzene rings is 1. The number of likely N-dealkylation sites (tertiary alicyclic amines) is 1. The number of rotatable bonds is 5. The zero-order valence-electron chi connectivity index (χ0n) is 19.9. The molecular formula is C27H32N4O3. The highest BCUT2D eigenvalue weighted by molar-refractivity contribution is 5.90. The summed E-state index contributed by atoms with van der Waals surface area (Å²) in [4.78, 5) is 21.7. The summed E-state index contributed by atoms with van der Waals surface area (Å²) in [5.41, 5.74) is 4.60. The molecule has 3 aliphatic rings. The number of aliphatic hydroxyl groups is 1. The SMILES string of the molecule is COc1ccc2c3c(n(C)c2c1)[C@H](CO)N(Cc1ccncc1)CC31CN(C(=O)C2CCC2)C1. The molecule has 1 saturated heterocycles. The summed E-state index contributed by atoms with van der Waals surface area (Å²) >= 11 is 0. The second kappa shape index (κ2) is 8.10. The summed E-state index contributed by atoms with van der Waals surface area (Å²) in [5, 5.41) is 11.8. The average molecular weight is 461 g/mol. The maximum atomic E-state index is 13.0. The van der Waals surface area contributed by atoms with Crippen molar-refractivity contribution >= 4 is 16.8 Å². The van der Waals surface area contributed by atoms with Crippen LogP contribution in [0.15, 0.2) is 42.7 Å². The molecule has 7 nitrogen and oxygen atoms in total. The number of nitrogens with zero attached hydrogens (tertiary/aromatic N) is 4. The Hall–Kier alpha value is -2.90. The van der Waals surface area contributed by atoms with E-state index in [4.69, 9.17) is 4.74 Å². The van der Waals surface area contributed by atoms with E-state index in [1.54, 1.807) is 7.11 Å². The summed E-state index contributed by atoms with van der Waals surface area (Å²) in [6, 6.07) is 10.2. The first kappa shape index (κ1) is 21.6. The number of amides is 1. The molecule has 7 heteroatoms. The molecule has 4 heterocycles. The molecule has 0 bridgehead atoms. The van der Waals surface area contributed by atoms with Gasteiger partial charge in [0.1, 0.15) is 5.75 Å². The highest BCUT2D eigenvalue weighted by Crippen LogP contribution is 2.50. The van der Waals surface area contributed by atoms with Crippen molar-refractivity contribution in [3.8, 4) is 5.75 Å². The van der Waals surface area contributed by atoms with Gasteiger partial charge in [-0.05, 0) is 48.2 Å². The lowest BCUT2D eigenvalue weighted by molar-refractivity contribution is -0.148. The monoisotopic (exact) mass is 460 g/mol.